The Morgan fingerprint density at radius 3 is 2.52 bits per heavy atom. The van der Waals surface area contributed by atoms with Gasteiger partial charge < -0.3 is 20.5 Å². The molecule has 0 aliphatic rings. The van der Waals surface area contributed by atoms with Gasteiger partial charge in [0.2, 0.25) is 5.91 Å². The first kappa shape index (κ1) is 22.0. The summed E-state index contributed by atoms with van der Waals surface area (Å²) in [6.07, 6.45) is 6.58. The van der Waals surface area contributed by atoms with Crippen LogP contribution in [0.15, 0.2) is 91.5 Å². The van der Waals surface area contributed by atoms with E-state index in [0.29, 0.717) is 31.3 Å². The maximum Gasteiger partial charge on any atom is 0.250 e. The molecular formula is C26H24N4O3. The lowest BCUT2D eigenvalue weighted by Crippen LogP contribution is -2.11. The number of nitrogens with two attached hydrogens (primary N) is 1. The second-order valence-corrected chi connectivity index (χ2v) is 7.37. The van der Waals surface area contributed by atoms with Crippen LogP contribution in [0, 0.1) is 0 Å². The van der Waals surface area contributed by atoms with Crippen molar-refractivity contribution in [2.24, 2.45) is 5.73 Å². The van der Waals surface area contributed by atoms with Gasteiger partial charge in [-0.05, 0) is 46.5 Å². The highest BCUT2D eigenvalue weighted by atomic mass is 16.5. The van der Waals surface area contributed by atoms with Crippen molar-refractivity contribution < 1.29 is 14.3 Å². The fourth-order valence-electron chi connectivity index (χ4n) is 3.20. The molecule has 3 N–H and O–H groups in total. The van der Waals surface area contributed by atoms with Gasteiger partial charge in [0.25, 0.3) is 0 Å². The number of rotatable bonds is 10. The monoisotopic (exact) mass is 440 g/mol. The van der Waals surface area contributed by atoms with Crippen LogP contribution in [0.25, 0.3) is 11.1 Å². The molecule has 7 nitrogen and oxygen atoms in total. The summed E-state index contributed by atoms with van der Waals surface area (Å²) in [5, 5.41) is 3.26. The SMILES string of the molecule is NC(=O)c1cncc(OCc2cccc(NCOCc3ccc(-c4cccnc4)cc3)c2)c1. The molecule has 4 aromatic rings. The molecule has 7 heteroatoms. The van der Waals surface area contributed by atoms with Crippen molar-refractivity contribution in [3.05, 3.63) is 108 Å². The summed E-state index contributed by atoms with van der Waals surface area (Å²) in [6, 6.07) is 21.6. The van der Waals surface area contributed by atoms with Crippen LogP contribution in [0.2, 0.25) is 0 Å². The maximum absolute atomic E-state index is 11.3. The summed E-state index contributed by atoms with van der Waals surface area (Å²) >= 11 is 0. The zero-order valence-electron chi connectivity index (χ0n) is 18.0. The van der Waals surface area contributed by atoms with E-state index < -0.39 is 5.91 Å². The second-order valence-electron chi connectivity index (χ2n) is 7.37. The Morgan fingerprint density at radius 2 is 1.73 bits per heavy atom. The molecule has 2 aromatic carbocycles. The normalized spacial score (nSPS) is 10.5. The predicted octanol–water partition coefficient (Wildman–Crippen LogP) is 4.41. The lowest BCUT2D eigenvalue weighted by atomic mass is 10.1. The van der Waals surface area contributed by atoms with Crippen LogP contribution in [0.3, 0.4) is 0 Å². The summed E-state index contributed by atoms with van der Waals surface area (Å²) in [4.78, 5) is 19.4. The Bertz CT molecular complexity index is 1200. The van der Waals surface area contributed by atoms with Crippen molar-refractivity contribution in [3.63, 3.8) is 0 Å². The summed E-state index contributed by atoms with van der Waals surface area (Å²) in [7, 11) is 0. The molecule has 0 saturated carbocycles. The van der Waals surface area contributed by atoms with Gasteiger partial charge in [-0.1, -0.05) is 42.5 Å². The van der Waals surface area contributed by atoms with Crippen molar-refractivity contribution >= 4 is 11.6 Å². The number of carbonyl (C=O) groups excluding carboxylic acids is 1. The molecule has 2 aromatic heterocycles. The third-order valence-electron chi connectivity index (χ3n) is 4.93. The minimum absolute atomic E-state index is 0.312. The van der Waals surface area contributed by atoms with Crippen molar-refractivity contribution in [1.82, 2.24) is 9.97 Å². The zero-order valence-corrected chi connectivity index (χ0v) is 18.0. The number of carbonyl (C=O) groups is 1. The van der Waals surface area contributed by atoms with E-state index in [1.54, 1.807) is 18.5 Å². The van der Waals surface area contributed by atoms with E-state index in [4.69, 9.17) is 15.2 Å². The first-order valence-corrected chi connectivity index (χ1v) is 10.4. The van der Waals surface area contributed by atoms with Crippen LogP contribution in [0.1, 0.15) is 21.5 Å². The highest BCUT2D eigenvalue weighted by Crippen LogP contribution is 2.19. The van der Waals surface area contributed by atoms with E-state index >= 15 is 0 Å². The fraction of sp³-hybridized carbons (Fsp3) is 0.115. The molecule has 33 heavy (non-hydrogen) atoms. The molecular weight excluding hydrogens is 416 g/mol. The van der Waals surface area contributed by atoms with Gasteiger partial charge in [-0.3, -0.25) is 14.8 Å². The molecule has 0 aliphatic heterocycles. The average Bonchev–Trinajstić information content (AvgIpc) is 2.87. The summed E-state index contributed by atoms with van der Waals surface area (Å²) in [6.45, 7) is 1.22. The van der Waals surface area contributed by atoms with Crippen LogP contribution >= 0.6 is 0 Å². The van der Waals surface area contributed by atoms with E-state index in [9.17, 15) is 4.79 Å². The number of benzene rings is 2. The minimum Gasteiger partial charge on any atom is -0.487 e. The summed E-state index contributed by atoms with van der Waals surface area (Å²) < 4.78 is 11.5. The number of nitrogens with one attached hydrogen (secondary N) is 1. The second kappa shape index (κ2) is 10.9. The quantitative estimate of drug-likeness (QED) is 0.280. The Morgan fingerprint density at radius 1 is 0.848 bits per heavy atom. The predicted molar refractivity (Wildman–Crippen MR) is 126 cm³/mol. The Balaban J connectivity index is 1.24. The molecule has 0 unspecified atom stereocenters. The zero-order chi connectivity index (χ0) is 22.9. The maximum atomic E-state index is 11.3. The average molecular weight is 441 g/mol. The van der Waals surface area contributed by atoms with E-state index in [2.05, 4.69) is 39.6 Å². The molecule has 0 atom stereocenters. The fourth-order valence-corrected chi connectivity index (χ4v) is 3.20. The largest absolute Gasteiger partial charge is 0.487 e. The molecule has 1 amide bonds. The Labute approximate surface area is 192 Å². The van der Waals surface area contributed by atoms with Crippen LogP contribution in [0.4, 0.5) is 5.69 Å². The van der Waals surface area contributed by atoms with Crippen LogP contribution < -0.4 is 15.8 Å². The van der Waals surface area contributed by atoms with Gasteiger partial charge in [0.1, 0.15) is 19.1 Å². The number of primary amides is 1. The molecule has 0 aliphatic carbocycles. The minimum atomic E-state index is -0.538. The molecule has 0 fully saturated rings. The molecule has 2 heterocycles. The van der Waals surface area contributed by atoms with E-state index in [1.807, 2.05) is 42.6 Å². The van der Waals surface area contributed by atoms with Gasteiger partial charge in [0, 0.05) is 24.3 Å². The molecule has 0 saturated heterocycles. The van der Waals surface area contributed by atoms with E-state index in [-0.39, 0.29) is 0 Å². The number of aromatic nitrogens is 2. The van der Waals surface area contributed by atoms with E-state index in [1.165, 1.54) is 6.20 Å². The number of pyridine rings is 2. The first-order valence-electron chi connectivity index (χ1n) is 10.4. The lowest BCUT2D eigenvalue weighted by Gasteiger charge is -2.11. The van der Waals surface area contributed by atoms with Crippen molar-refractivity contribution in [2.45, 2.75) is 13.2 Å². The van der Waals surface area contributed by atoms with Crippen LogP contribution in [-0.4, -0.2) is 22.6 Å². The third kappa shape index (κ3) is 6.38. The van der Waals surface area contributed by atoms with Gasteiger partial charge in [0.15, 0.2) is 0 Å². The van der Waals surface area contributed by atoms with Gasteiger partial charge >= 0.3 is 0 Å². The van der Waals surface area contributed by atoms with Gasteiger partial charge in [-0.2, -0.15) is 0 Å². The highest BCUT2D eigenvalue weighted by Gasteiger charge is 2.04. The number of nitrogens with zero attached hydrogens (tertiary/aromatic N) is 2. The van der Waals surface area contributed by atoms with Gasteiger partial charge in [-0.15, -0.1) is 0 Å². The number of ether oxygens (including phenoxy) is 2. The molecule has 0 spiro atoms. The Hall–Kier alpha value is -4.23. The number of hydrogen-bond acceptors (Lipinski definition) is 6. The number of hydrogen-bond donors (Lipinski definition) is 2. The third-order valence-corrected chi connectivity index (χ3v) is 4.93. The molecule has 166 valence electrons. The highest BCUT2D eigenvalue weighted by molar-refractivity contribution is 5.92. The smallest absolute Gasteiger partial charge is 0.250 e. The number of anilines is 1. The topological polar surface area (TPSA) is 99.4 Å². The van der Waals surface area contributed by atoms with E-state index in [0.717, 1.165) is 27.9 Å². The standard InChI is InChI=1S/C26H24N4O3/c27-26(31)23-12-25(15-29-14-23)33-17-20-3-1-5-24(11-20)30-18-32-16-19-6-8-21(9-7-19)22-4-2-10-28-13-22/h1-15,30H,16-18H2,(H2,27,31). The van der Waals surface area contributed by atoms with Gasteiger partial charge in [-0.25, -0.2) is 0 Å². The van der Waals surface area contributed by atoms with Gasteiger partial charge in [0.05, 0.1) is 18.4 Å². The number of amides is 1. The summed E-state index contributed by atoms with van der Waals surface area (Å²) in [5.41, 5.74) is 10.8. The van der Waals surface area contributed by atoms with Crippen molar-refractivity contribution in [1.29, 1.82) is 0 Å². The molecule has 0 bridgehead atoms. The van der Waals surface area contributed by atoms with Crippen LogP contribution in [-0.2, 0) is 18.0 Å². The van der Waals surface area contributed by atoms with Crippen LogP contribution in [0.5, 0.6) is 5.75 Å². The molecule has 0 radical (unpaired) electrons. The van der Waals surface area contributed by atoms with Crippen molar-refractivity contribution in [3.8, 4) is 16.9 Å². The molecule has 4 rings (SSSR count). The lowest BCUT2D eigenvalue weighted by molar-refractivity contribution is 0.0999. The first-order chi connectivity index (χ1) is 16.2. The Kier molecular flexibility index (Phi) is 7.25. The van der Waals surface area contributed by atoms with Crippen molar-refractivity contribution in [2.75, 3.05) is 12.0 Å². The summed E-state index contributed by atoms with van der Waals surface area (Å²) in [5.74, 6) is -0.0499.